The molecule has 0 fully saturated rings. The highest BCUT2D eigenvalue weighted by Crippen LogP contribution is 2.12. The lowest BCUT2D eigenvalue weighted by Crippen LogP contribution is -2.23. The van der Waals surface area contributed by atoms with Gasteiger partial charge < -0.3 is 10.6 Å². The number of hydrogen-bond acceptors (Lipinski definition) is 3. The normalized spacial score (nSPS) is 10.7. The molecule has 28 heavy (non-hydrogen) atoms. The van der Waals surface area contributed by atoms with Crippen LogP contribution < -0.4 is 10.6 Å². The van der Waals surface area contributed by atoms with Gasteiger partial charge in [-0.15, -0.1) is 0 Å². The predicted molar refractivity (Wildman–Crippen MR) is 105 cm³/mol. The Balaban J connectivity index is 1.58. The third kappa shape index (κ3) is 4.62. The Bertz CT molecular complexity index is 980. The lowest BCUT2D eigenvalue weighted by molar-refractivity contribution is 0.0950. The summed E-state index contributed by atoms with van der Waals surface area (Å²) in [6.45, 7) is 4.05. The van der Waals surface area contributed by atoms with Crippen LogP contribution in [0.5, 0.6) is 0 Å². The topological polar surface area (TPSA) is 76.0 Å². The number of halogens is 1. The minimum absolute atomic E-state index is 0.0997. The molecule has 1 aromatic heterocycles. The molecule has 0 spiro atoms. The standard InChI is InChI=1S/C21H21FN4O2/c1-14(2)26-12-11-19(25-26)21(28)24-17-9-7-15(8-10-17)20(27)23-13-16-5-3-4-6-18(16)22/h3-12,14H,13H2,1-2H3,(H,23,27)(H,24,28). The highest BCUT2D eigenvalue weighted by Gasteiger charge is 2.12. The van der Waals surface area contributed by atoms with E-state index in [0.717, 1.165) is 0 Å². The molecule has 7 heteroatoms. The summed E-state index contributed by atoms with van der Waals surface area (Å²) in [6.07, 6.45) is 1.75. The summed E-state index contributed by atoms with van der Waals surface area (Å²) in [5.41, 5.74) is 1.70. The van der Waals surface area contributed by atoms with Crippen molar-refractivity contribution in [2.45, 2.75) is 26.4 Å². The highest BCUT2D eigenvalue weighted by molar-refractivity contribution is 6.03. The highest BCUT2D eigenvalue weighted by atomic mass is 19.1. The van der Waals surface area contributed by atoms with E-state index in [-0.39, 0.29) is 30.2 Å². The number of carbonyl (C=O) groups excluding carboxylic acids is 2. The van der Waals surface area contributed by atoms with Crippen molar-refractivity contribution in [1.82, 2.24) is 15.1 Å². The summed E-state index contributed by atoms with van der Waals surface area (Å²) < 4.78 is 15.3. The van der Waals surface area contributed by atoms with E-state index >= 15 is 0 Å². The molecule has 0 aliphatic rings. The van der Waals surface area contributed by atoms with E-state index in [1.807, 2.05) is 13.8 Å². The van der Waals surface area contributed by atoms with E-state index in [0.29, 0.717) is 22.5 Å². The molecule has 1 heterocycles. The summed E-state index contributed by atoms with van der Waals surface area (Å²) >= 11 is 0. The number of benzene rings is 2. The molecule has 3 aromatic rings. The van der Waals surface area contributed by atoms with Crippen LogP contribution in [0.2, 0.25) is 0 Å². The van der Waals surface area contributed by atoms with Gasteiger partial charge in [0.15, 0.2) is 5.69 Å². The summed E-state index contributed by atoms with van der Waals surface area (Å²) in [7, 11) is 0. The lowest BCUT2D eigenvalue weighted by atomic mass is 10.1. The van der Waals surface area contributed by atoms with E-state index in [4.69, 9.17) is 0 Å². The van der Waals surface area contributed by atoms with Gasteiger partial charge in [0.1, 0.15) is 5.82 Å². The van der Waals surface area contributed by atoms with Crippen molar-refractivity contribution >= 4 is 17.5 Å². The van der Waals surface area contributed by atoms with E-state index in [1.165, 1.54) is 6.07 Å². The molecular formula is C21H21FN4O2. The number of hydrogen-bond donors (Lipinski definition) is 2. The first-order valence-corrected chi connectivity index (χ1v) is 8.92. The summed E-state index contributed by atoms with van der Waals surface area (Å²) in [6, 6.07) is 14.6. The summed E-state index contributed by atoms with van der Waals surface area (Å²) in [5, 5.41) is 9.64. The molecule has 0 bridgehead atoms. The first-order valence-electron chi connectivity index (χ1n) is 8.92. The van der Waals surface area contributed by atoms with Gasteiger partial charge in [0.2, 0.25) is 0 Å². The fourth-order valence-electron chi connectivity index (χ4n) is 2.57. The summed E-state index contributed by atoms with van der Waals surface area (Å²) in [4.78, 5) is 24.5. The Morgan fingerprint density at radius 3 is 2.39 bits per heavy atom. The lowest BCUT2D eigenvalue weighted by Gasteiger charge is -2.08. The van der Waals surface area contributed by atoms with Gasteiger partial charge in [-0.25, -0.2) is 4.39 Å². The Labute approximate surface area is 162 Å². The third-order valence-electron chi connectivity index (χ3n) is 4.17. The van der Waals surface area contributed by atoms with Gasteiger partial charge in [0, 0.05) is 35.6 Å². The van der Waals surface area contributed by atoms with E-state index in [1.54, 1.807) is 59.4 Å². The fourth-order valence-corrected chi connectivity index (χ4v) is 2.57. The second-order valence-corrected chi connectivity index (χ2v) is 6.58. The minimum atomic E-state index is -0.360. The first-order chi connectivity index (χ1) is 13.4. The van der Waals surface area contributed by atoms with E-state index in [9.17, 15) is 14.0 Å². The molecule has 2 amide bonds. The SMILES string of the molecule is CC(C)n1ccc(C(=O)Nc2ccc(C(=O)NCc3ccccc3F)cc2)n1. The number of amides is 2. The molecule has 144 valence electrons. The van der Waals surface area contributed by atoms with Gasteiger partial charge in [-0.2, -0.15) is 5.10 Å². The first kappa shape index (κ1) is 19.3. The minimum Gasteiger partial charge on any atom is -0.348 e. The van der Waals surface area contributed by atoms with Crippen molar-refractivity contribution in [2.24, 2.45) is 0 Å². The van der Waals surface area contributed by atoms with E-state index < -0.39 is 0 Å². The Kier molecular flexibility index (Phi) is 5.84. The second-order valence-electron chi connectivity index (χ2n) is 6.58. The molecular weight excluding hydrogens is 359 g/mol. The van der Waals surface area contributed by atoms with Crippen LogP contribution in [0.15, 0.2) is 60.8 Å². The van der Waals surface area contributed by atoms with Crippen molar-refractivity contribution in [2.75, 3.05) is 5.32 Å². The van der Waals surface area contributed by atoms with Gasteiger partial charge in [0.05, 0.1) is 0 Å². The van der Waals surface area contributed by atoms with Crippen molar-refractivity contribution in [3.63, 3.8) is 0 Å². The Hall–Kier alpha value is -3.48. The number of anilines is 1. The van der Waals surface area contributed by atoms with Crippen LogP contribution >= 0.6 is 0 Å². The second kappa shape index (κ2) is 8.47. The van der Waals surface area contributed by atoms with Crippen LogP contribution in [0.4, 0.5) is 10.1 Å². The maximum Gasteiger partial charge on any atom is 0.276 e. The van der Waals surface area contributed by atoms with Gasteiger partial charge in [-0.1, -0.05) is 18.2 Å². The van der Waals surface area contributed by atoms with Crippen molar-refractivity contribution in [3.8, 4) is 0 Å². The molecule has 0 saturated carbocycles. The predicted octanol–water partition coefficient (Wildman–Crippen LogP) is 3.79. The average molecular weight is 380 g/mol. The van der Waals surface area contributed by atoms with Crippen molar-refractivity contribution in [1.29, 1.82) is 0 Å². The molecule has 0 aliphatic carbocycles. The molecule has 6 nitrogen and oxygen atoms in total. The largest absolute Gasteiger partial charge is 0.348 e. The third-order valence-corrected chi connectivity index (χ3v) is 4.17. The number of rotatable bonds is 6. The quantitative estimate of drug-likeness (QED) is 0.683. The zero-order chi connectivity index (χ0) is 20.1. The van der Waals surface area contributed by atoms with Gasteiger partial charge in [0.25, 0.3) is 11.8 Å². The van der Waals surface area contributed by atoms with E-state index in [2.05, 4.69) is 15.7 Å². The smallest absolute Gasteiger partial charge is 0.276 e. The van der Waals surface area contributed by atoms with Gasteiger partial charge in [-0.05, 0) is 50.2 Å². The Morgan fingerprint density at radius 1 is 1.04 bits per heavy atom. The monoisotopic (exact) mass is 380 g/mol. The average Bonchev–Trinajstić information content (AvgIpc) is 3.18. The van der Waals surface area contributed by atoms with Crippen LogP contribution in [0.1, 0.15) is 46.3 Å². The van der Waals surface area contributed by atoms with Crippen LogP contribution in [0.3, 0.4) is 0 Å². The zero-order valence-electron chi connectivity index (χ0n) is 15.6. The van der Waals surface area contributed by atoms with Gasteiger partial charge >= 0.3 is 0 Å². The molecule has 2 aromatic carbocycles. The van der Waals surface area contributed by atoms with Crippen LogP contribution in [0.25, 0.3) is 0 Å². The summed E-state index contributed by atoms with van der Waals surface area (Å²) in [5.74, 6) is -1.01. The Morgan fingerprint density at radius 2 is 1.75 bits per heavy atom. The van der Waals surface area contributed by atoms with Crippen molar-refractivity contribution < 1.29 is 14.0 Å². The molecule has 2 N–H and O–H groups in total. The van der Waals surface area contributed by atoms with Crippen molar-refractivity contribution in [3.05, 3.63) is 83.4 Å². The number of carbonyl (C=O) groups is 2. The van der Waals surface area contributed by atoms with Crippen LogP contribution in [-0.4, -0.2) is 21.6 Å². The molecule has 0 atom stereocenters. The van der Waals surface area contributed by atoms with Crippen LogP contribution in [-0.2, 0) is 6.54 Å². The maximum atomic E-state index is 13.6. The van der Waals surface area contributed by atoms with Gasteiger partial charge in [-0.3, -0.25) is 14.3 Å². The molecule has 0 aliphatic heterocycles. The molecule has 3 rings (SSSR count). The fraction of sp³-hybridized carbons (Fsp3) is 0.190. The molecule has 0 unspecified atom stereocenters. The van der Waals surface area contributed by atoms with Crippen LogP contribution in [0, 0.1) is 5.82 Å². The number of nitrogens with zero attached hydrogens (tertiary/aromatic N) is 2. The molecule has 0 radical (unpaired) electrons. The number of nitrogens with one attached hydrogen (secondary N) is 2. The number of aromatic nitrogens is 2. The molecule has 0 saturated heterocycles. The zero-order valence-corrected chi connectivity index (χ0v) is 15.6. The maximum absolute atomic E-state index is 13.6.